The maximum absolute atomic E-state index is 14.8. The first kappa shape index (κ1) is 25.7. The predicted molar refractivity (Wildman–Crippen MR) is 146 cm³/mol. The average molecular weight is 536 g/mol. The van der Waals surface area contributed by atoms with Crippen LogP contribution in [0.3, 0.4) is 0 Å². The first-order valence-corrected chi connectivity index (χ1v) is 12.8. The molecule has 0 radical (unpaired) electrons. The summed E-state index contributed by atoms with van der Waals surface area (Å²) in [6.07, 6.45) is -0.995. The van der Waals surface area contributed by atoms with Crippen molar-refractivity contribution in [3.05, 3.63) is 81.6 Å². The van der Waals surface area contributed by atoms with E-state index >= 15 is 0 Å². The zero-order valence-corrected chi connectivity index (χ0v) is 22.0. The lowest BCUT2D eigenvalue weighted by molar-refractivity contribution is 0.136. The van der Waals surface area contributed by atoms with Crippen LogP contribution in [0.2, 0.25) is 5.15 Å². The summed E-state index contributed by atoms with van der Waals surface area (Å²) in [5.41, 5.74) is 2.52. The van der Waals surface area contributed by atoms with E-state index in [4.69, 9.17) is 11.6 Å². The second-order valence-electron chi connectivity index (χ2n) is 9.71. The van der Waals surface area contributed by atoms with Gasteiger partial charge in [0.05, 0.1) is 11.2 Å². The number of carbonyl (C=O) groups is 1. The maximum atomic E-state index is 14.8. The normalized spacial score (nSPS) is 15.9. The number of carboxylic acid groups (broad SMARTS) is 1. The number of piperazine rings is 1. The predicted octanol–water partition coefficient (Wildman–Crippen LogP) is 5.55. The van der Waals surface area contributed by atoms with Gasteiger partial charge in [0.15, 0.2) is 5.82 Å². The molecule has 1 amide bonds. The fourth-order valence-electron chi connectivity index (χ4n) is 5.04. The van der Waals surface area contributed by atoms with Gasteiger partial charge in [-0.25, -0.2) is 19.0 Å². The van der Waals surface area contributed by atoms with E-state index in [2.05, 4.69) is 9.97 Å². The smallest absolute Gasteiger partial charge is 0.407 e. The molecule has 1 saturated heterocycles. The Morgan fingerprint density at radius 3 is 2.47 bits per heavy atom. The minimum atomic E-state index is -0.995. The van der Waals surface area contributed by atoms with Crippen molar-refractivity contribution >= 4 is 34.5 Å². The minimum absolute atomic E-state index is 0.0739. The molecule has 4 aromatic rings. The molecule has 2 aromatic heterocycles. The number of aromatic nitrogens is 3. The SMILES string of the molecule is CC(C)c1ccccc1-n1c(=O)nc(N2CCN(C(=O)O)CC2C)c2nc(Cl)c(-c3ccccc3F)cc21. The number of rotatable bonds is 4. The number of benzene rings is 2. The van der Waals surface area contributed by atoms with E-state index in [9.17, 15) is 19.1 Å². The number of amides is 1. The number of halogens is 2. The molecule has 3 heterocycles. The van der Waals surface area contributed by atoms with Crippen LogP contribution >= 0.6 is 11.6 Å². The minimum Gasteiger partial charge on any atom is -0.465 e. The van der Waals surface area contributed by atoms with Crippen molar-refractivity contribution in [1.29, 1.82) is 0 Å². The lowest BCUT2D eigenvalue weighted by Crippen LogP contribution is -2.54. The second-order valence-corrected chi connectivity index (χ2v) is 10.1. The molecule has 1 unspecified atom stereocenters. The zero-order valence-electron chi connectivity index (χ0n) is 21.2. The van der Waals surface area contributed by atoms with Crippen molar-refractivity contribution in [1.82, 2.24) is 19.4 Å². The fraction of sp³-hybridized carbons (Fsp3) is 0.286. The summed E-state index contributed by atoms with van der Waals surface area (Å²) >= 11 is 6.64. The number of hydrogen-bond acceptors (Lipinski definition) is 5. The lowest BCUT2D eigenvalue weighted by atomic mass is 10.0. The Morgan fingerprint density at radius 2 is 1.79 bits per heavy atom. The van der Waals surface area contributed by atoms with Crippen LogP contribution in [0.15, 0.2) is 59.4 Å². The van der Waals surface area contributed by atoms with Crippen LogP contribution < -0.4 is 10.6 Å². The van der Waals surface area contributed by atoms with E-state index < -0.39 is 17.6 Å². The summed E-state index contributed by atoms with van der Waals surface area (Å²) in [4.78, 5) is 37.6. The Bertz CT molecular complexity index is 1610. The van der Waals surface area contributed by atoms with Gasteiger partial charge < -0.3 is 14.9 Å². The quantitative estimate of drug-likeness (QED) is 0.344. The monoisotopic (exact) mass is 535 g/mol. The highest BCUT2D eigenvalue weighted by Gasteiger charge is 2.30. The Hall–Kier alpha value is -3.98. The van der Waals surface area contributed by atoms with E-state index in [0.29, 0.717) is 34.6 Å². The molecule has 38 heavy (non-hydrogen) atoms. The first-order valence-electron chi connectivity index (χ1n) is 12.4. The van der Waals surface area contributed by atoms with Gasteiger partial charge in [0.1, 0.15) is 16.5 Å². The molecular formula is C28H27ClFN5O3. The van der Waals surface area contributed by atoms with E-state index in [1.54, 1.807) is 24.3 Å². The van der Waals surface area contributed by atoms with Gasteiger partial charge in [-0.1, -0.05) is 61.8 Å². The van der Waals surface area contributed by atoms with Crippen LogP contribution in [0.25, 0.3) is 27.8 Å². The molecule has 0 spiro atoms. The van der Waals surface area contributed by atoms with Crippen LogP contribution in [0.4, 0.5) is 15.0 Å². The zero-order chi connectivity index (χ0) is 27.1. The van der Waals surface area contributed by atoms with Crippen LogP contribution in [-0.4, -0.2) is 56.3 Å². The molecule has 0 bridgehead atoms. The molecular weight excluding hydrogens is 509 g/mol. The Kier molecular flexibility index (Phi) is 6.79. The number of anilines is 1. The third-order valence-electron chi connectivity index (χ3n) is 6.94. The van der Waals surface area contributed by atoms with Gasteiger partial charge in [0.2, 0.25) is 0 Å². The number of pyridine rings is 1. The summed E-state index contributed by atoms with van der Waals surface area (Å²) in [6, 6.07) is 15.3. The highest BCUT2D eigenvalue weighted by Crippen LogP contribution is 2.36. The van der Waals surface area contributed by atoms with E-state index in [-0.39, 0.29) is 35.8 Å². The summed E-state index contributed by atoms with van der Waals surface area (Å²) in [7, 11) is 0. The van der Waals surface area contributed by atoms with Crippen LogP contribution in [-0.2, 0) is 0 Å². The van der Waals surface area contributed by atoms with Crippen molar-refractivity contribution in [2.24, 2.45) is 0 Å². The molecule has 2 aromatic carbocycles. The highest BCUT2D eigenvalue weighted by molar-refractivity contribution is 6.32. The second kappa shape index (κ2) is 10.1. The summed E-state index contributed by atoms with van der Waals surface area (Å²) in [6.45, 7) is 6.78. The molecule has 1 atom stereocenters. The molecule has 1 fully saturated rings. The van der Waals surface area contributed by atoms with Crippen LogP contribution in [0, 0.1) is 5.82 Å². The van der Waals surface area contributed by atoms with Crippen molar-refractivity contribution < 1.29 is 14.3 Å². The van der Waals surface area contributed by atoms with E-state index in [0.717, 1.165) is 5.56 Å². The third-order valence-corrected chi connectivity index (χ3v) is 7.22. The van der Waals surface area contributed by atoms with Crippen LogP contribution in [0.1, 0.15) is 32.3 Å². The van der Waals surface area contributed by atoms with Gasteiger partial charge in [-0.15, -0.1) is 0 Å². The molecule has 0 saturated carbocycles. The summed E-state index contributed by atoms with van der Waals surface area (Å²) in [5, 5.41) is 9.51. The molecule has 1 aliphatic heterocycles. The summed E-state index contributed by atoms with van der Waals surface area (Å²) < 4.78 is 16.3. The van der Waals surface area contributed by atoms with Crippen molar-refractivity contribution in [3.63, 3.8) is 0 Å². The Labute approximate surface area is 223 Å². The van der Waals surface area contributed by atoms with Gasteiger partial charge in [0.25, 0.3) is 0 Å². The fourth-order valence-corrected chi connectivity index (χ4v) is 5.28. The van der Waals surface area contributed by atoms with Gasteiger partial charge >= 0.3 is 11.8 Å². The molecule has 8 nitrogen and oxygen atoms in total. The number of para-hydroxylation sites is 1. The number of nitrogens with zero attached hydrogens (tertiary/aromatic N) is 5. The molecule has 1 aliphatic rings. The highest BCUT2D eigenvalue weighted by atomic mass is 35.5. The van der Waals surface area contributed by atoms with E-state index in [1.807, 2.05) is 49.9 Å². The van der Waals surface area contributed by atoms with Crippen molar-refractivity contribution in [3.8, 4) is 16.8 Å². The lowest BCUT2D eigenvalue weighted by Gasteiger charge is -2.39. The maximum Gasteiger partial charge on any atom is 0.407 e. The van der Waals surface area contributed by atoms with E-state index in [1.165, 1.54) is 15.5 Å². The first-order chi connectivity index (χ1) is 18.2. The number of fused-ring (bicyclic) bond motifs is 1. The average Bonchev–Trinajstić information content (AvgIpc) is 2.88. The topological polar surface area (TPSA) is 91.6 Å². The molecule has 10 heteroatoms. The standard InChI is InChI=1S/C28H27ClFN5O3/c1-16(2)18-8-5-7-11-22(18)35-23-14-20(19-9-4-6-10-21(19)30)25(29)31-24(23)26(32-27(35)36)34-13-12-33(28(37)38)15-17(34)3/h4-11,14,16-17H,12-13,15H2,1-3H3,(H,37,38). The van der Waals surface area contributed by atoms with Gasteiger partial charge in [-0.2, -0.15) is 4.98 Å². The largest absolute Gasteiger partial charge is 0.465 e. The molecule has 1 N–H and O–H groups in total. The summed E-state index contributed by atoms with van der Waals surface area (Å²) in [5.74, 6) is -0.0224. The van der Waals surface area contributed by atoms with Gasteiger partial charge in [-0.3, -0.25) is 4.57 Å². The Morgan fingerprint density at radius 1 is 1.08 bits per heavy atom. The molecule has 196 valence electrons. The molecule has 5 rings (SSSR count). The Balaban J connectivity index is 1.81. The number of hydrogen-bond donors (Lipinski definition) is 1. The van der Waals surface area contributed by atoms with Crippen molar-refractivity contribution in [2.45, 2.75) is 32.7 Å². The third kappa shape index (κ3) is 4.47. The van der Waals surface area contributed by atoms with Gasteiger partial charge in [0, 0.05) is 36.8 Å². The molecule has 0 aliphatic carbocycles. The van der Waals surface area contributed by atoms with Crippen LogP contribution in [0.5, 0.6) is 0 Å². The van der Waals surface area contributed by atoms with Crippen molar-refractivity contribution in [2.75, 3.05) is 24.5 Å². The van der Waals surface area contributed by atoms with Gasteiger partial charge in [-0.05, 0) is 36.6 Å².